The Balaban J connectivity index is 2.59. The van der Waals surface area contributed by atoms with Crippen molar-refractivity contribution in [3.8, 4) is 11.5 Å². The Bertz CT molecular complexity index is 489. The molecule has 0 atom stereocenters. The maximum Gasteiger partial charge on any atom is 0.427 e. The molecule has 22 heavy (non-hydrogen) atoms. The highest BCUT2D eigenvalue weighted by atomic mass is 16.5. The summed E-state index contributed by atoms with van der Waals surface area (Å²) >= 11 is 0. The molecule has 6 nitrogen and oxygen atoms in total. The summed E-state index contributed by atoms with van der Waals surface area (Å²) in [5.74, 6) is 1.34. The van der Waals surface area contributed by atoms with Crippen molar-refractivity contribution in [2.75, 3.05) is 20.3 Å². The van der Waals surface area contributed by atoms with Gasteiger partial charge in [-0.3, -0.25) is 0 Å². The number of rotatable bonds is 9. The lowest BCUT2D eigenvalue weighted by Gasteiger charge is -2.11. The third-order valence-electron chi connectivity index (χ3n) is 2.84. The minimum Gasteiger partial charge on any atom is -0.493 e. The molecule has 1 rings (SSSR count). The molecule has 0 heterocycles. The summed E-state index contributed by atoms with van der Waals surface area (Å²) in [6, 6.07) is 5.47. The SMILES string of the molecule is CCCCCOc1ccc(/C=N\NC(=O)OCC)cc1OC. The van der Waals surface area contributed by atoms with E-state index in [1.807, 2.05) is 12.1 Å². The lowest BCUT2D eigenvalue weighted by Crippen LogP contribution is -2.18. The minimum atomic E-state index is -0.582. The van der Waals surface area contributed by atoms with Crippen molar-refractivity contribution in [2.45, 2.75) is 33.1 Å². The van der Waals surface area contributed by atoms with E-state index in [4.69, 9.17) is 14.2 Å². The number of amides is 1. The maximum atomic E-state index is 11.1. The van der Waals surface area contributed by atoms with Gasteiger partial charge in [0.15, 0.2) is 11.5 Å². The second-order valence-corrected chi connectivity index (χ2v) is 4.56. The van der Waals surface area contributed by atoms with Gasteiger partial charge in [-0.15, -0.1) is 0 Å². The van der Waals surface area contributed by atoms with Crippen LogP contribution in [-0.2, 0) is 4.74 Å². The average molecular weight is 308 g/mol. The summed E-state index contributed by atoms with van der Waals surface area (Å²) in [4.78, 5) is 11.1. The molecular formula is C16H24N2O4. The molecule has 0 spiro atoms. The van der Waals surface area contributed by atoms with Crippen LogP contribution in [0.15, 0.2) is 23.3 Å². The van der Waals surface area contributed by atoms with Gasteiger partial charge in [0.1, 0.15) is 0 Å². The maximum absolute atomic E-state index is 11.1. The summed E-state index contributed by atoms with van der Waals surface area (Å²) in [6.45, 7) is 4.85. The van der Waals surface area contributed by atoms with Crippen molar-refractivity contribution in [3.05, 3.63) is 23.8 Å². The molecule has 122 valence electrons. The molecule has 1 N–H and O–H groups in total. The molecule has 0 saturated heterocycles. The smallest absolute Gasteiger partial charge is 0.427 e. The molecule has 0 aliphatic rings. The number of ether oxygens (including phenoxy) is 3. The van der Waals surface area contributed by atoms with Gasteiger partial charge in [-0.05, 0) is 37.1 Å². The third kappa shape index (κ3) is 6.47. The quantitative estimate of drug-likeness (QED) is 0.431. The van der Waals surface area contributed by atoms with Gasteiger partial charge in [-0.2, -0.15) is 5.10 Å². The summed E-state index contributed by atoms with van der Waals surface area (Å²) in [6.07, 6.45) is 4.25. The summed E-state index contributed by atoms with van der Waals surface area (Å²) in [5, 5.41) is 3.81. The van der Waals surface area contributed by atoms with Crippen molar-refractivity contribution in [2.24, 2.45) is 5.10 Å². The summed E-state index contributed by atoms with van der Waals surface area (Å²) in [5.41, 5.74) is 3.06. The number of nitrogens with zero attached hydrogens (tertiary/aromatic N) is 1. The number of carbonyl (C=O) groups is 1. The van der Waals surface area contributed by atoms with Gasteiger partial charge in [0.25, 0.3) is 0 Å². The molecule has 0 radical (unpaired) electrons. The van der Waals surface area contributed by atoms with Crippen LogP contribution in [0.4, 0.5) is 4.79 Å². The van der Waals surface area contributed by atoms with Crippen molar-refractivity contribution in [3.63, 3.8) is 0 Å². The normalized spacial score (nSPS) is 10.5. The van der Waals surface area contributed by atoms with Gasteiger partial charge in [0.2, 0.25) is 0 Å². The molecule has 0 fully saturated rings. The van der Waals surface area contributed by atoms with Crippen LogP contribution in [0.25, 0.3) is 0 Å². The van der Waals surface area contributed by atoms with E-state index in [-0.39, 0.29) is 0 Å². The van der Waals surface area contributed by atoms with Crippen LogP contribution in [0.5, 0.6) is 11.5 Å². The zero-order valence-corrected chi connectivity index (χ0v) is 13.4. The van der Waals surface area contributed by atoms with Crippen LogP contribution in [0.1, 0.15) is 38.7 Å². The fraction of sp³-hybridized carbons (Fsp3) is 0.500. The molecule has 6 heteroatoms. The van der Waals surface area contributed by atoms with Crippen LogP contribution in [0, 0.1) is 0 Å². The largest absolute Gasteiger partial charge is 0.493 e. The van der Waals surface area contributed by atoms with E-state index in [9.17, 15) is 4.79 Å². The third-order valence-corrected chi connectivity index (χ3v) is 2.84. The van der Waals surface area contributed by atoms with Crippen LogP contribution < -0.4 is 14.9 Å². The average Bonchev–Trinajstić information content (AvgIpc) is 2.52. The van der Waals surface area contributed by atoms with E-state index in [0.717, 1.165) is 24.8 Å². The first-order valence-corrected chi connectivity index (χ1v) is 7.47. The highest BCUT2D eigenvalue weighted by Gasteiger charge is 2.05. The summed E-state index contributed by atoms with van der Waals surface area (Å²) in [7, 11) is 1.59. The van der Waals surface area contributed by atoms with Gasteiger partial charge < -0.3 is 14.2 Å². The van der Waals surface area contributed by atoms with Crippen LogP contribution in [0.2, 0.25) is 0 Å². The second kappa shape index (κ2) is 10.5. The number of hydrogen-bond donors (Lipinski definition) is 1. The topological polar surface area (TPSA) is 69.2 Å². The Labute approximate surface area is 131 Å². The standard InChI is InChI=1S/C16H24N2O4/c1-4-6-7-10-22-14-9-8-13(11-15(14)20-3)12-17-18-16(19)21-5-2/h8-9,11-12H,4-7,10H2,1-3H3,(H,18,19)/b17-12-. The Kier molecular flexibility index (Phi) is 8.49. The van der Waals surface area contributed by atoms with Crippen LogP contribution >= 0.6 is 0 Å². The predicted molar refractivity (Wildman–Crippen MR) is 85.8 cm³/mol. The highest BCUT2D eigenvalue weighted by molar-refractivity contribution is 5.82. The van der Waals surface area contributed by atoms with Gasteiger partial charge in [-0.1, -0.05) is 19.8 Å². The van der Waals surface area contributed by atoms with Gasteiger partial charge in [-0.25, -0.2) is 10.2 Å². The number of unbranched alkanes of at least 4 members (excludes halogenated alkanes) is 2. The highest BCUT2D eigenvalue weighted by Crippen LogP contribution is 2.27. The number of carbonyl (C=O) groups excluding carboxylic acids is 1. The fourth-order valence-corrected chi connectivity index (χ4v) is 1.74. The zero-order chi connectivity index (χ0) is 16.2. The number of hydrogen-bond acceptors (Lipinski definition) is 5. The molecule has 1 amide bonds. The first-order chi connectivity index (χ1) is 10.7. The molecule has 0 aromatic heterocycles. The predicted octanol–water partition coefficient (Wildman–Crippen LogP) is 3.34. The zero-order valence-electron chi connectivity index (χ0n) is 13.4. The van der Waals surface area contributed by atoms with E-state index < -0.39 is 6.09 Å². The van der Waals surface area contributed by atoms with E-state index in [1.165, 1.54) is 6.21 Å². The Morgan fingerprint density at radius 3 is 2.77 bits per heavy atom. The number of benzene rings is 1. The van der Waals surface area contributed by atoms with Crippen molar-refractivity contribution in [1.82, 2.24) is 5.43 Å². The molecule has 0 bridgehead atoms. The van der Waals surface area contributed by atoms with E-state index in [1.54, 1.807) is 20.1 Å². The fourth-order valence-electron chi connectivity index (χ4n) is 1.74. The molecular weight excluding hydrogens is 284 g/mol. The molecule has 1 aromatic rings. The van der Waals surface area contributed by atoms with Crippen molar-refractivity contribution >= 4 is 12.3 Å². The molecule has 0 aliphatic carbocycles. The van der Waals surface area contributed by atoms with Crippen molar-refractivity contribution < 1.29 is 19.0 Å². The lowest BCUT2D eigenvalue weighted by atomic mass is 10.2. The van der Waals surface area contributed by atoms with E-state index in [2.05, 4.69) is 17.5 Å². The van der Waals surface area contributed by atoms with E-state index >= 15 is 0 Å². The van der Waals surface area contributed by atoms with Gasteiger partial charge in [0.05, 0.1) is 26.5 Å². The van der Waals surface area contributed by atoms with E-state index in [0.29, 0.717) is 24.7 Å². The first-order valence-electron chi connectivity index (χ1n) is 7.47. The first kappa shape index (κ1) is 17.8. The second-order valence-electron chi connectivity index (χ2n) is 4.56. The lowest BCUT2D eigenvalue weighted by molar-refractivity contribution is 0.152. The van der Waals surface area contributed by atoms with Gasteiger partial charge >= 0.3 is 6.09 Å². The molecule has 0 unspecified atom stereocenters. The Morgan fingerprint density at radius 2 is 2.09 bits per heavy atom. The number of nitrogens with one attached hydrogen (secondary N) is 1. The number of hydrazone groups is 1. The Morgan fingerprint density at radius 1 is 1.27 bits per heavy atom. The minimum absolute atomic E-state index is 0.305. The van der Waals surface area contributed by atoms with Crippen LogP contribution in [-0.4, -0.2) is 32.6 Å². The van der Waals surface area contributed by atoms with Crippen LogP contribution in [0.3, 0.4) is 0 Å². The number of methoxy groups -OCH3 is 1. The Hall–Kier alpha value is -2.24. The summed E-state index contributed by atoms with van der Waals surface area (Å²) < 4.78 is 15.7. The monoisotopic (exact) mass is 308 g/mol. The van der Waals surface area contributed by atoms with Crippen molar-refractivity contribution in [1.29, 1.82) is 0 Å². The molecule has 0 saturated carbocycles. The molecule has 1 aromatic carbocycles. The van der Waals surface area contributed by atoms with Gasteiger partial charge in [0, 0.05) is 0 Å². The molecule has 0 aliphatic heterocycles.